The Morgan fingerprint density at radius 1 is 0.811 bits per heavy atom. The second-order valence-electron chi connectivity index (χ2n) is 9.08. The third-order valence-electron chi connectivity index (χ3n) is 6.55. The van der Waals surface area contributed by atoms with Crippen LogP contribution in [0.25, 0.3) is 38.9 Å². The number of aromatic nitrogens is 4. The zero-order valence-electron chi connectivity index (χ0n) is 20.4. The summed E-state index contributed by atoms with van der Waals surface area (Å²) in [6.07, 6.45) is 2.34. The minimum atomic E-state index is 0.00729. The normalized spacial score (nSPS) is 11.2. The molecule has 3 aromatic carbocycles. The molecule has 3 heterocycles. The van der Waals surface area contributed by atoms with Crippen LogP contribution >= 0.6 is 0 Å². The molecule has 0 fully saturated rings. The van der Waals surface area contributed by atoms with Crippen molar-refractivity contribution in [2.45, 2.75) is 19.9 Å². The van der Waals surface area contributed by atoms with E-state index in [1.807, 2.05) is 84.3 Å². The van der Waals surface area contributed by atoms with E-state index in [9.17, 15) is 4.79 Å². The van der Waals surface area contributed by atoms with Crippen LogP contribution in [0.5, 0.6) is 0 Å². The van der Waals surface area contributed by atoms with Crippen molar-refractivity contribution in [2.24, 2.45) is 0 Å². The maximum Gasteiger partial charge on any atom is 0.224 e. The molecule has 1 N–H and O–H groups in total. The van der Waals surface area contributed by atoms with Crippen molar-refractivity contribution in [3.63, 3.8) is 0 Å². The molecule has 0 atom stereocenters. The van der Waals surface area contributed by atoms with Crippen LogP contribution in [0, 0.1) is 6.92 Å². The summed E-state index contributed by atoms with van der Waals surface area (Å²) in [7, 11) is 0. The summed E-state index contributed by atoms with van der Waals surface area (Å²) in [5.41, 5.74) is 7.74. The van der Waals surface area contributed by atoms with E-state index in [2.05, 4.69) is 45.8 Å². The van der Waals surface area contributed by atoms with Gasteiger partial charge in [0.1, 0.15) is 5.82 Å². The second-order valence-corrected chi connectivity index (χ2v) is 9.08. The lowest BCUT2D eigenvalue weighted by Gasteiger charge is -2.13. The standard InChI is InChI=1S/C31H25N5O/c1-21-34-35-31-27-19-26(24-10-6-3-7-11-24)30(33-28(27)16-17-36(21)31)25-14-12-23(13-15-25)20-32-29(37)18-22-8-4-2-5-9-22/h2-17,19H,18,20H2,1H3,(H,32,37). The Kier molecular flexibility index (Phi) is 5.91. The number of benzene rings is 3. The lowest BCUT2D eigenvalue weighted by Crippen LogP contribution is -2.24. The van der Waals surface area contributed by atoms with Crippen molar-refractivity contribution in [1.82, 2.24) is 24.9 Å². The summed E-state index contributed by atoms with van der Waals surface area (Å²) < 4.78 is 1.99. The summed E-state index contributed by atoms with van der Waals surface area (Å²) in [5, 5.41) is 12.6. The first-order valence-corrected chi connectivity index (χ1v) is 12.3. The quantitative estimate of drug-likeness (QED) is 0.326. The fourth-order valence-corrected chi connectivity index (χ4v) is 4.59. The van der Waals surface area contributed by atoms with Gasteiger partial charge in [-0.3, -0.25) is 9.20 Å². The minimum absolute atomic E-state index is 0.00729. The number of aryl methyl sites for hydroxylation is 1. The molecule has 0 saturated carbocycles. The number of nitrogens with zero attached hydrogens (tertiary/aromatic N) is 4. The van der Waals surface area contributed by atoms with Crippen LogP contribution < -0.4 is 5.32 Å². The van der Waals surface area contributed by atoms with Gasteiger partial charge >= 0.3 is 0 Å². The highest BCUT2D eigenvalue weighted by Crippen LogP contribution is 2.34. The van der Waals surface area contributed by atoms with E-state index in [4.69, 9.17) is 4.98 Å². The number of rotatable bonds is 6. The molecular formula is C31H25N5O. The van der Waals surface area contributed by atoms with E-state index in [-0.39, 0.29) is 5.91 Å². The summed E-state index contributed by atoms with van der Waals surface area (Å²) in [4.78, 5) is 17.4. The number of pyridine rings is 2. The Labute approximate surface area is 214 Å². The average molecular weight is 484 g/mol. The molecule has 0 aliphatic rings. The second kappa shape index (κ2) is 9.66. The Balaban J connectivity index is 1.32. The maximum absolute atomic E-state index is 12.4. The van der Waals surface area contributed by atoms with Crippen LogP contribution in [-0.2, 0) is 17.8 Å². The van der Waals surface area contributed by atoms with Gasteiger partial charge in [0.05, 0.1) is 17.6 Å². The zero-order chi connectivity index (χ0) is 25.2. The van der Waals surface area contributed by atoms with Gasteiger partial charge in [-0.15, -0.1) is 10.2 Å². The van der Waals surface area contributed by atoms with Gasteiger partial charge in [-0.05, 0) is 35.7 Å². The number of fused-ring (bicyclic) bond motifs is 3. The summed E-state index contributed by atoms with van der Waals surface area (Å²) >= 11 is 0. The van der Waals surface area contributed by atoms with Crippen LogP contribution in [0.15, 0.2) is 103 Å². The Hall–Kier alpha value is -4.84. The molecular weight excluding hydrogens is 458 g/mol. The molecule has 0 aliphatic carbocycles. The van der Waals surface area contributed by atoms with Gasteiger partial charge in [0.15, 0.2) is 5.65 Å². The first-order chi connectivity index (χ1) is 18.2. The van der Waals surface area contributed by atoms with Gasteiger partial charge in [0.2, 0.25) is 5.91 Å². The lowest BCUT2D eigenvalue weighted by molar-refractivity contribution is -0.120. The molecule has 1 amide bonds. The van der Waals surface area contributed by atoms with E-state index in [0.29, 0.717) is 13.0 Å². The van der Waals surface area contributed by atoms with E-state index in [0.717, 1.165) is 55.9 Å². The molecule has 6 rings (SSSR count). The van der Waals surface area contributed by atoms with Crippen LogP contribution in [-0.4, -0.2) is 25.5 Å². The van der Waals surface area contributed by atoms with Gasteiger partial charge < -0.3 is 5.32 Å². The predicted octanol–water partition coefficient (Wildman–Crippen LogP) is 5.78. The zero-order valence-corrected chi connectivity index (χ0v) is 20.4. The van der Waals surface area contributed by atoms with Crippen molar-refractivity contribution < 1.29 is 4.79 Å². The van der Waals surface area contributed by atoms with Crippen LogP contribution in [0.1, 0.15) is 17.0 Å². The SMILES string of the molecule is Cc1nnc2c3cc(-c4ccccc4)c(-c4ccc(CNC(=O)Cc5ccccc5)cc4)nc3ccn12. The number of nitrogens with one attached hydrogen (secondary N) is 1. The smallest absolute Gasteiger partial charge is 0.224 e. The van der Waals surface area contributed by atoms with Gasteiger partial charge in [-0.1, -0.05) is 84.9 Å². The highest BCUT2D eigenvalue weighted by atomic mass is 16.1. The van der Waals surface area contributed by atoms with Gasteiger partial charge in [-0.25, -0.2) is 4.98 Å². The Morgan fingerprint density at radius 3 is 2.30 bits per heavy atom. The van der Waals surface area contributed by atoms with E-state index < -0.39 is 0 Å². The van der Waals surface area contributed by atoms with E-state index >= 15 is 0 Å². The first-order valence-electron chi connectivity index (χ1n) is 12.3. The third-order valence-corrected chi connectivity index (χ3v) is 6.55. The fourth-order valence-electron chi connectivity index (χ4n) is 4.59. The monoisotopic (exact) mass is 483 g/mol. The number of carbonyl (C=O) groups is 1. The van der Waals surface area contributed by atoms with Crippen molar-refractivity contribution >= 4 is 22.5 Å². The van der Waals surface area contributed by atoms with Crippen LogP contribution in [0.2, 0.25) is 0 Å². The van der Waals surface area contributed by atoms with E-state index in [1.54, 1.807) is 0 Å². The highest BCUT2D eigenvalue weighted by molar-refractivity contribution is 5.98. The summed E-state index contributed by atoms with van der Waals surface area (Å²) in [5.74, 6) is 0.849. The van der Waals surface area contributed by atoms with E-state index in [1.165, 1.54) is 0 Å². The van der Waals surface area contributed by atoms with Gasteiger partial charge in [0, 0.05) is 29.3 Å². The predicted molar refractivity (Wildman–Crippen MR) is 146 cm³/mol. The molecule has 180 valence electrons. The van der Waals surface area contributed by atoms with Crippen molar-refractivity contribution in [3.05, 3.63) is 120 Å². The van der Waals surface area contributed by atoms with Crippen molar-refractivity contribution in [2.75, 3.05) is 0 Å². The molecule has 6 aromatic rings. The molecule has 0 spiro atoms. The number of carbonyl (C=O) groups excluding carboxylic acids is 1. The fraction of sp³-hybridized carbons (Fsp3) is 0.0968. The molecule has 37 heavy (non-hydrogen) atoms. The molecule has 0 unspecified atom stereocenters. The van der Waals surface area contributed by atoms with Crippen LogP contribution in [0.4, 0.5) is 0 Å². The Morgan fingerprint density at radius 2 is 1.54 bits per heavy atom. The first kappa shape index (κ1) is 22.6. The lowest BCUT2D eigenvalue weighted by atomic mass is 9.97. The van der Waals surface area contributed by atoms with Gasteiger partial charge in [0.25, 0.3) is 0 Å². The highest BCUT2D eigenvalue weighted by Gasteiger charge is 2.15. The molecule has 0 bridgehead atoms. The Bertz CT molecular complexity index is 1710. The molecule has 6 heteroatoms. The summed E-state index contributed by atoms with van der Waals surface area (Å²) in [6.45, 7) is 2.42. The summed E-state index contributed by atoms with van der Waals surface area (Å²) in [6, 6.07) is 32.4. The van der Waals surface area contributed by atoms with Crippen molar-refractivity contribution in [3.8, 4) is 22.4 Å². The minimum Gasteiger partial charge on any atom is -0.352 e. The third kappa shape index (κ3) is 4.57. The largest absolute Gasteiger partial charge is 0.352 e. The number of hydrogen-bond acceptors (Lipinski definition) is 4. The maximum atomic E-state index is 12.4. The topological polar surface area (TPSA) is 72.2 Å². The average Bonchev–Trinajstić information content (AvgIpc) is 3.33. The molecule has 6 nitrogen and oxygen atoms in total. The molecule has 0 radical (unpaired) electrons. The van der Waals surface area contributed by atoms with Gasteiger partial charge in [-0.2, -0.15) is 0 Å². The molecule has 3 aromatic heterocycles. The molecule has 0 aliphatic heterocycles. The molecule has 0 saturated heterocycles. The van der Waals surface area contributed by atoms with Crippen molar-refractivity contribution in [1.29, 1.82) is 0 Å². The van der Waals surface area contributed by atoms with Crippen LogP contribution in [0.3, 0.4) is 0 Å². The number of hydrogen-bond donors (Lipinski definition) is 1. The number of amides is 1.